The minimum Gasteiger partial charge on any atom is -0.478 e. The van der Waals surface area contributed by atoms with Gasteiger partial charge in [-0.2, -0.15) is 0 Å². The molecule has 4 nitrogen and oxygen atoms in total. The zero-order chi connectivity index (χ0) is 12.4. The highest BCUT2D eigenvalue weighted by molar-refractivity contribution is 9.10. The lowest BCUT2D eigenvalue weighted by Gasteiger charge is -2.01. The zero-order valence-electron chi connectivity index (χ0n) is 8.51. The number of carboxylic acid groups (broad SMARTS) is 1. The van der Waals surface area contributed by atoms with Crippen LogP contribution in [0.1, 0.15) is 20.9 Å². The van der Waals surface area contributed by atoms with Crippen molar-refractivity contribution >= 4 is 28.2 Å². The van der Waals surface area contributed by atoms with Crippen LogP contribution in [-0.2, 0) is 0 Å². The number of carboxylic acids is 1. The summed E-state index contributed by atoms with van der Waals surface area (Å²) in [5.41, 5.74) is 0.755. The second-order valence-corrected chi connectivity index (χ2v) is 4.17. The Balaban J connectivity index is 2.49. The maximum absolute atomic E-state index is 10.9. The van der Waals surface area contributed by atoms with E-state index in [1.165, 1.54) is 12.1 Å². The van der Waals surface area contributed by atoms with E-state index in [2.05, 4.69) is 15.9 Å². The molecule has 1 N–H and O–H groups in total. The van der Waals surface area contributed by atoms with E-state index in [0.29, 0.717) is 22.1 Å². The quantitative estimate of drug-likeness (QED) is 0.883. The molecule has 1 aromatic heterocycles. The third-order valence-electron chi connectivity index (χ3n) is 2.22. The van der Waals surface area contributed by atoms with Crippen molar-refractivity contribution in [3.8, 4) is 11.3 Å². The fraction of sp³-hybridized carbons (Fsp3) is 0. The van der Waals surface area contributed by atoms with E-state index < -0.39 is 5.97 Å². The molecule has 2 aromatic rings. The van der Waals surface area contributed by atoms with E-state index in [9.17, 15) is 9.59 Å². The summed E-state index contributed by atoms with van der Waals surface area (Å²) in [7, 11) is 0. The van der Waals surface area contributed by atoms with Crippen LogP contribution in [0.3, 0.4) is 0 Å². The predicted molar refractivity (Wildman–Crippen MR) is 64.2 cm³/mol. The Morgan fingerprint density at radius 3 is 2.65 bits per heavy atom. The molecule has 1 heterocycles. The SMILES string of the molecule is O=Cc1ccc(-c2ccc(Br)c(C(=O)O)c2)o1. The molecule has 1 aromatic carbocycles. The number of furan rings is 1. The third-order valence-corrected chi connectivity index (χ3v) is 2.92. The minimum atomic E-state index is -1.03. The fourth-order valence-corrected chi connectivity index (χ4v) is 1.83. The lowest BCUT2D eigenvalue weighted by molar-refractivity contribution is 0.0695. The molecule has 86 valence electrons. The highest BCUT2D eigenvalue weighted by atomic mass is 79.9. The number of benzene rings is 1. The standard InChI is InChI=1S/C12H7BrO4/c13-10-3-1-7(5-9(10)12(15)16)11-4-2-8(6-14)17-11/h1-6H,(H,15,16). The molecule has 0 aliphatic carbocycles. The molecule has 0 saturated carbocycles. The third kappa shape index (κ3) is 2.29. The van der Waals surface area contributed by atoms with Gasteiger partial charge in [0.1, 0.15) is 5.76 Å². The van der Waals surface area contributed by atoms with Crippen LogP contribution in [0, 0.1) is 0 Å². The van der Waals surface area contributed by atoms with E-state index in [1.807, 2.05) is 0 Å². The maximum atomic E-state index is 10.9. The molecule has 0 fully saturated rings. The van der Waals surface area contributed by atoms with Crippen molar-refractivity contribution in [1.82, 2.24) is 0 Å². The highest BCUT2D eigenvalue weighted by Gasteiger charge is 2.11. The van der Waals surface area contributed by atoms with Crippen molar-refractivity contribution in [2.24, 2.45) is 0 Å². The molecule has 0 unspecified atom stereocenters. The largest absolute Gasteiger partial charge is 0.478 e. The normalized spacial score (nSPS) is 10.2. The van der Waals surface area contributed by atoms with Crippen molar-refractivity contribution < 1.29 is 19.1 Å². The van der Waals surface area contributed by atoms with Gasteiger partial charge in [-0.25, -0.2) is 4.79 Å². The van der Waals surface area contributed by atoms with Gasteiger partial charge in [-0.15, -0.1) is 0 Å². The highest BCUT2D eigenvalue weighted by Crippen LogP contribution is 2.26. The van der Waals surface area contributed by atoms with Crippen molar-refractivity contribution in [2.45, 2.75) is 0 Å². The average molecular weight is 295 g/mol. The molecule has 0 bridgehead atoms. The van der Waals surface area contributed by atoms with Crippen molar-refractivity contribution in [1.29, 1.82) is 0 Å². The van der Waals surface area contributed by atoms with E-state index in [0.717, 1.165) is 0 Å². The Hall–Kier alpha value is -1.88. The predicted octanol–water partition coefficient (Wildman–Crippen LogP) is 3.22. The van der Waals surface area contributed by atoms with Gasteiger partial charge in [0.15, 0.2) is 12.0 Å². The lowest BCUT2D eigenvalue weighted by Crippen LogP contribution is -1.97. The number of rotatable bonds is 3. The van der Waals surface area contributed by atoms with Gasteiger partial charge in [-0.1, -0.05) is 6.07 Å². The number of hydrogen-bond donors (Lipinski definition) is 1. The van der Waals surface area contributed by atoms with Gasteiger partial charge in [0.05, 0.1) is 5.56 Å². The van der Waals surface area contributed by atoms with Crippen molar-refractivity contribution in [3.05, 3.63) is 46.1 Å². The monoisotopic (exact) mass is 294 g/mol. The van der Waals surface area contributed by atoms with E-state index in [4.69, 9.17) is 9.52 Å². The smallest absolute Gasteiger partial charge is 0.336 e. The Morgan fingerprint density at radius 1 is 1.29 bits per heavy atom. The minimum absolute atomic E-state index is 0.145. The van der Waals surface area contributed by atoms with Gasteiger partial charge >= 0.3 is 5.97 Å². The Labute approximate surface area is 105 Å². The molecule has 0 aliphatic heterocycles. The van der Waals surface area contributed by atoms with Crippen molar-refractivity contribution in [3.63, 3.8) is 0 Å². The first-order chi connectivity index (χ1) is 8.11. The van der Waals surface area contributed by atoms with Crippen LogP contribution >= 0.6 is 15.9 Å². The summed E-state index contributed by atoms with van der Waals surface area (Å²) < 4.78 is 5.71. The van der Waals surface area contributed by atoms with E-state index >= 15 is 0 Å². The average Bonchev–Trinajstić information content (AvgIpc) is 2.78. The summed E-state index contributed by atoms with van der Waals surface area (Å²) >= 11 is 3.15. The maximum Gasteiger partial charge on any atom is 0.336 e. The number of carbonyl (C=O) groups excluding carboxylic acids is 1. The van der Waals surface area contributed by atoms with Crippen LogP contribution in [0.15, 0.2) is 39.2 Å². The molecule has 0 atom stereocenters. The molecule has 5 heteroatoms. The van der Waals surface area contributed by atoms with Gasteiger partial charge in [0.25, 0.3) is 0 Å². The van der Waals surface area contributed by atoms with Gasteiger partial charge in [0, 0.05) is 10.0 Å². The molecular weight excluding hydrogens is 288 g/mol. The van der Waals surface area contributed by atoms with Crippen LogP contribution in [0.5, 0.6) is 0 Å². The van der Waals surface area contributed by atoms with E-state index in [1.54, 1.807) is 18.2 Å². The first-order valence-corrected chi connectivity index (χ1v) is 5.49. The summed E-state index contributed by atoms with van der Waals surface area (Å²) in [6.45, 7) is 0. The summed E-state index contributed by atoms with van der Waals surface area (Å²) in [5, 5.41) is 8.97. The molecule has 0 aliphatic rings. The zero-order valence-corrected chi connectivity index (χ0v) is 10.1. The van der Waals surface area contributed by atoms with Gasteiger partial charge in [-0.05, 0) is 40.2 Å². The second-order valence-electron chi connectivity index (χ2n) is 3.32. The van der Waals surface area contributed by atoms with Crippen LogP contribution in [0.25, 0.3) is 11.3 Å². The van der Waals surface area contributed by atoms with Gasteiger partial charge in [-0.3, -0.25) is 4.79 Å². The molecule has 0 amide bonds. The topological polar surface area (TPSA) is 67.5 Å². The number of aldehydes is 1. The van der Waals surface area contributed by atoms with Crippen molar-refractivity contribution in [2.75, 3.05) is 0 Å². The van der Waals surface area contributed by atoms with Crippen LogP contribution < -0.4 is 0 Å². The Bertz CT molecular complexity index is 586. The summed E-state index contributed by atoms with van der Waals surface area (Å²) in [6, 6.07) is 7.98. The van der Waals surface area contributed by atoms with Crippen LogP contribution in [0.4, 0.5) is 0 Å². The fourth-order valence-electron chi connectivity index (χ4n) is 1.41. The lowest BCUT2D eigenvalue weighted by atomic mass is 10.1. The second kappa shape index (κ2) is 4.55. The number of hydrogen-bond acceptors (Lipinski definition) is 3. The molecular formula is C12H7BrO4. The Morgan fingerprint density at radius 2 is 2.06 bits per heavy atom. The summed E-state index contributed by atoms with van der Waals surface area (Å²) in [6.07, 6.45) is 0.598. The van der Waals surface area contributed by atoms with E-state index in [-0.39, 0.29) is 11.3 Å². The Kier molecular flexibility index (Phi) is 3.10. The number of aromatic carboxylic acids is 1. The number of halogens is 1. The molecule has 0 saturated heterocycles. The first kappa shape index (κ1) is 11.6. The first-order valence-electron chi connectivity index (χ1n) is 4.70. The molecule has 0 spiro atoms. The molecule has 17 heavy (non-hydrogen) atoms. The molecule has 2 rings (SSSR count). The summed E-state index contributed by atoms with van der Waals surface area (Å²) in [5.74, 6) is -0.359. The molecule has 0 radical (unpaired) electrons. The van der Waals surface area contributed by atoms with Crippen LogP contribution in [0.2, 0.25) is 0 Å². The van der Waals surface area contributed by atoms with Gasteiger partial charge < -0.3 is 9.52 Å². The number of carbonyl (C=O) groups is 2. The van der Waals surface area contributed by atoms with Gasteiger partial charge in [0.2, 0.25) is 0 Å². The van der Waals surface area contributed by atoms with Crippen LogP contribution in [-0.4, -0.2) is 17.4 Å². The summed E-state index contributed by atoms with van der Waals surface area (Å²) in [4.78, 5) is 21.4.